The van der Waals surface area contributed by atoms with Crippen molar-refractivity contribution < 1.29 is 10.0 Å². The lowest BCUT2D eigenvalue weighted by Crippen LogP contribution is -2.49. The number of carbonyl (C=O) groups excluding carboxylic acids is 1. The summed E-state index contributed by atoms with van der Waals surface area (Å²) < 4.78 is 0. The van der Waals surface area contributed by atoms with E-state index in [0.717, 1.165) is 30.6 Å². The average molecular weight is 275 g/mol. The van der Waals surface area contributed by atoms with Gasteiger partial charge in [-0.25, -0.2) is 5.48 Å². The van der Waals surface area contributed by atoms with Gasteiger partial charge in [0.25, 0.3) is 5.91 Å². The maximum absolute atomic E-state index is 11.5. The number of pyridine rings is 1. The van der Waals surface area contributed by atoms with E-state index in [-0.39, 0.29) is 0 Å². The van der Waals surface area contributed by atoms with Crippen molar-refractivity contribution in [3.63, 3.8) is 0 Å². The van der Waals surface area contributed by atoms with Crippen molar-refractivity contribution in [3.8, 4) is 0 Å². The second-order valence-electron chi connectivity index (χ2n) is 5.79. The van der Waals surface area contributed by atoms with Crippen molar-refractivity contribution in [1.82, 2.24) is 15.4 Å². The molecule has 5 nitrogen and oxygen atoms in total. The van der Waals surface area contributed by atoms with Crippen LogP contribution < -0.4 is 5.48 Å². The zero-order chi connectivity index (χ0) is 14.1. The third-order valence-corrected chi connectivity index (χ3v) is 4.69. The summed E-state index contributed by atoms with van der Waals surface area (Å²) in [4.78, 5) is 18.5. The van der Waals surface area contributed by atoms with E-state index in [1.54, 1.807) is 11.7 Å². The van der Waals surface area contributed by atoms with Gasteiger partial charge in [-0.15, -0.1) is 0 Å². The van der Waals surface area contributed by atoms with Gasteiger partial charge in [-0.2, -0.15) is 0 Å². The van der Waals surface area contributed by atoms with E-state index in [9.17, 15) is 4.79 Å². The highest BCUT2D eigenvalue weighted by molar-refractivity contribution is 5.93. The van der Waals surface area contributed by atoms with Gasteiger partial charge in [0.1, 0.15) is 0 Å². The topological polar surface area (TPSA) is 65.5 Å². The molecule has 2 heterocycles. The highest BCUT2D eigenvalue weighted by atomic mass is 16.5. The van der Waals surface area contributed by atoms with Crippen LogP contribution in [-0.2, 0) is 13.0 Å². The Labute approximate surface area is 119 Å². The second-order valence-corrected chi connectivity index (χ2v) is 5.79. The Balaban J connectivity index is 1.87. The first-order chi connectivity index (χ1) is 9.72. The largest absolute Gasteiger partial charge is 0.293 e. The number of nitrogens with zero attached hydrogens (tertiary/aromatic N) is 2. The normalized spacial score (nSPS) is 23.0. The van der Waals surface area contributed by atoms with Gasteiger partial charge >= 0.3 is 0 Å². The lowest BCUT2D eigenvalue weighted by atomic mass is 9.86. The lowest BCUT2D eigenvalue weighted by molar-refractivity contribution is 0.0588. The van der Waals surface area contributed by atoms with Crippen LogP contribution in [0.15, 0.2) is 12.3 Å². The molecule has 0 unspecified atom stereocenters. The Morgan fingerprint density at radius 3 is 2.95 bits per heavy atom. The van der Waals surface area contributed by atoms with Crippen LogP contribution >= 0.6 is 0 Å². The molecular formula is C15H21N3O2. The van der Waals surface area contributed by atoms with E-state index >= 15 is 0 Å². The molecule has 2 aliphatic rings. The Morgan fingerprint density at radius 2 is 2.35 bits per heavy atom. The van der Waals surface area contributed by atoms with Gasteiger partial charge in [0.05, 0.1) is 5.56 Å². The summed E-state index contributed by atoms with van der Waals surface area (Å²) in [5, 5.41) is 8.72. The maximum Gasteiger partial charge on any atom is 0.276 e. The highest BCUT2D eigenvalue weighted by Crippen LogP contribution is 2.33. The standard InChI is InChI=1S/C15H21N3O2/c1-2-12-7-14-11(9-18(12)13-4-3-5-13)6-10(8-16-14)15(19)17-20/h6,8,12-13,20H,2-5,7,9H2,1H3,(H,17,19)/t12-/m1/s1. The van der Waals surface area contributed by atoms with Crippen molar-refractivity contribution in [1.29, 1.82) is 0 Å². The molecule has 1 aromatic heterocycles. The fourth-order valence-electron chi connectivity index (χ4n) is 3.24. The van der Waals surface area contributed by atoms with E-state index in [1.807, 2.05) is 6.07 Å². The van der Waals surface area contributed by atoms with Gasteiger partial charge in [0, 0.05) is 36.9 Å². The van der Waals surface area contributed by atoms with Crippen LogP contribution in [0.3, 0.4) is 0 Å². The SMILES string of the molecule is CC[C@@H]1Cc2ncc(C(=O)NO)cc2CN1C1CCC1. The van der Waals surface area contributed by atoms with E-state index < -0.39 is 5.91 Å². The quantitative estimate of drug-likeness (QED) is 0.653. The van der Waals surface area contributed by atoms with Crippen LogP contribution in [0, 0.1) is 0 Å². The second kappa shape index (κ2) is 5.50. The molecule has 1 atom stereocenters. The fourth-order valence-corrected chi connectivity index (χ4v) is 3.24. The number of hydrogen-bond donors (Lipinski definition) is 2. The number of nitrogens with one attached hydrogen (secondary N) is 1. The Bertz CT molecular complexity index is 514. The summed E-state index contributed by atoms with van der Waals surface area (Å²) >= 11 is 0. The first-order valence-electron chi connectivity index (χ1n) is 7.41. The van der Waals surface area contributed by atoms with E-state index in [0.29, 0.717) is 17.6 Å². The van der Waals surface area contributed by atoms with Crippen molar-refractivity contribution in [2.45, 2.75) is 57.7 Å². The minimum atomic E-state index is -0.492. The molecule has 1 aliphatic heterocycles. The Kier molecular flexibility index (Phi) is 3.72. The maximum atomic E-state index is 11.5. The predicted octanol–water partition coefficient (Wildman–Crippen LogP) is 1.89. The number of amides is 1. The van der Waals surface area contributed by atoms with Crippen LogP contribution in [0.25, 0.3) is 0 Å². The number of carbonyl (C=O) groups is 1. The summed E-state index contributed by atoms with van der Waals surface area (Å²) in [6.45, 7) is 3.10. The zero-order valence-corrected chi connectivity index (χ0v) is 11.8. The third-order valence-electron chi connectivity index (χ3n) is 4.69. The molecule has 0 bridgehead atoms. The summed E-state index contributed by atoms with van der Waals surface area (Å²) in [5.41, 5.74) is 4.32. The number of hydrogen-bond acceptors (Lipinski definition) is 4. The molecule has 1 aromatic rings. The smallest absolute Gasteiger partial charge is 0.276 e. The molecule has 20 heavy (non-hydrogen) atoms. The van der Waals surface area contributed by atoms with Crippen LogP contribution in [0.2, 0.25) is 0 Å². The minimum absolute atomic E-state index is 0.426. The van der Waals surface area contributed by atoms with Gasteiger partial charge in [-0.3, -0.25) is 19.9 Å². The van der Waals surface area contributed by atoms with E-state index in [4.69, 9.17) is 5.21 Å². The monoisotopic (exact) mass is 275 g/mol. The van der Waals surface area contributed by atoms with Crippen LogP contribution in [0.5, 0.6) is 0 Å². The number of aromatic nitrogens is 1. The summed E-state index contributed by atoms with van der Waals surface area (Å²) in [7, 11) is 0. The van der Waals surface area contributed by atoms with Crippen molar-refractivity contribution in [2.75, 3.05) is 0 Å². The summed E-state index contributed by atoms with van der Waals surface area (Å²) in [6, 6.07) is 3.13. The fraction of sp³-hybridized carbons (Fsp3) is 0.600. The van der Waals surface area contributed by atoms with Gasteiger partial charge < -0.3 is 0 Å². The minimum Gasteiger partial charge on any atom is -0.293 e. The molecule has 1 amide bonds. The predicted molar refractivity (Wildman–Crippen MR) is 74.5 cm³/mol. The lowest BCUT2D eigenvalue weighted by Gasteiger charge is -2.45. The molecule has 5 heteroatoms. The van der Waals surface area contributed by atoms with Gasteiger partial charge in [-0.05, 0) is 30.9 Å². The first-order valence-corrected chi connectivity index (χ1v) is 7.41. The molecule has 1 saturated carbocycles. The molecule has 3 rings (SSSR count). The van der Waals surface area contributed by atoms with E-state index in [1.165, 1.54) is 19.3 Å². The van der Waals surface area contributed by atoms with Crippen molar-refractivity contribution in [3.05, 3.63) is 29.1 Å². The van der Waals surface area contributed by atoms with Crippen molar-refractivity contribution >= 4 is 5.91 Å². The first kappa shape index (κ1) is 13.5. The molecule has 0 radical (unpaired) electrons. The van der Waals surface area contributed by atoms with Gasteiger partial charge in [0.2, 0.25) is 0 Å². The summed E-state index contributed by atoms with van der Waals surface area (Å²) in [6.07, 6.45) is 7.55. The summed E-state index contributed by atoms with van der Waals surface area (Å²) in [5.74, 6) is -0.492. The average Bonchev–Trinajstić information content (AvgIpc) is 2.43. The molecule has 0 aromatic carbocycles. The van der Waals surface area contributed by atoms with Gasteiger partial charge in [-0.1, -0.05) is 13.3 Å². The Hall–Kier alpha value is -1.46. The Morgan fingerprint density at radius 1 is 1.55 bits per heavy atom. The molecule has 2 N–H and O–H groups in total. The van der Waals surface area contributed by atoms with Crippen LogP contribution in [-0.4, -0.2) is 33.1 Å². The highest BCUT2D eigenvalue weighted by Gasteiger charge is 2.34. The molecule has 108 valence electrons. The number of rotatable bonds is 3. The van der Waals surface area contributed by atoms with Crippen LogP contribution in [0.4, 0.5) is 0 Å². The molecule has 0 saturated heterocycles. The number of hydroxylamine groups is 1. The molecule has 1 aliphatic carbocycles. The van der Waals surface area contributed by atoms with Crippen LogP contribution in [0.1, 0.15) is 54.2 Å². The van der Waals surface area contributed by atoms with Crippen molar-refractivity contribution in [2.24, 2.45) is 0 Å². The molecule has 1 fully saturated rings. The third kappa shape index (κ3) is 2.31. The zero-order valence-electron chi connectivity index (χ0n) is 11.8. The molecule has 0 spiro atoms. The molecular weight excluding hydrogens is 254 g/mol. The number of fused-ring (bicyclic) bond motifs is 1. The van der Waals surface area contributed by atoms with E-state index in [2.05, 4.69) is 16.8 Å². The van der Waals surface area contributed by atoms with Gasteiger partial charge in [0.15, 0.2) is 0 Å².